The molecule has 0 aliphatic heterocycles. The number of carboxylic acids is 1. The molecule has 0 radical (unpaired) electrons. The Morgan fingerprint density at radius 1 is 1.10 bits per heavy atom. The summed E-state index contributed by atoms with van der Waals surface area (Å²) < 4.78 is 1.75. The molecule has 0 saturated heterocycles. The second-order valence-corrected chi connectivity index (χ2v) is 7.86. The van der Waals surface area contributed by atoms with Gasteiger partial charge in [0.25, 0.3) is 5.91 Å². The fourth-order valence-corrected chi connectivity index (χ4v) is 3.72. The molecule has 0 fully saturated rings. The Bertz CT molecular complexity index is 1130. The summed E-state index contributed by atoms with van der Waals surface area (Å²) in [6, 6.07) is 11.0. The molecule has 1 aromatic heterocycles. The van der Waals surface area contributed by atoms with Crippen LogP contribution in [0.2, 0.25) is 5.02 Å². The van der Waals surface area contributed by atoms with E-state index < -0.39 is 5.97 Å². The van der Waals surface area contributed by atoms with E-state index in [1.54, 1.807) is 23.7 Å². The molecule has 2 aromatic carbocycles. The van der Waals surface area contributed by atoms with Crippen LogP contribution in [0.15, 0.2) is 36.4 Å². The van der Waals surface area contributed by atoms with Crippen molar-refractivity contribution in [3.05, 3.63) is 80.6 Å². The number of halogens is 1. The summed E-state index contributed by atoms with van der Waals surface area (Å²) in [4.78, 5) is 23.7. The summed E-state index contributed by atoms with van der Waals surface area (Å²) in [6.07, 6.45) is -0.0607. The number of nitrogens with one attached hydrogen (secondary N) is 1. The number of anilines is 1. The van der Waals surface area contributed by atoms with E-state index in [9.17, 15) is 9.59 Å². The molecule has 1 heterocycles. The van der Waals surface area contributed by atoms with Crippen LogP contribution in [0.1, 0.15) is 44.0 Å². The third-order valence-electron chi connectivity index (χ3n) is 5.12. The molecule has 0 spiro atoms. The Kier molecular flexibility index (Phi) is 6.27. The smallest absolute Gasteiger partial charge is 0.307 e. The number of aliphatic carboxylic acids is 1. The van der Waals surface area contributed by atoms with E-state index >= 15 is 0 Å². The fourth-order valence-electron chi connectivity index (χ4n) is 3.48. The summed E-state index contributed by atoms with van der Waals surface area (Å²) in [5.41, 5.74) is 6.29. The van der Waals surface area contributed by atoms with Crippen molar-refractivity contribution >= 4 is 29.2 Å². The first-order chi connectivity index (χ1) is 14.2. The molecule has 1 amide bonds. The van der Waals surface area contributed by atoms with Crippen LogP contribution in [0.3, 0.4) is 0 Å². The first-order valence-corrected chi connectivity index (χ1v) is 9.95. The van der Waals surface area contributed by atoms with Crippen molar-refractivity contribution in [1.82, 2.24) is 9.78 Å². The Morgan fingerprint density at radius 3 is 2.47 bits per heavy atom. The van der Waals surface area contributed by atoms with Crippen molar-refractivity contribution in [2.75, 3.05) is 5.32 Å². The van der Waals surface area contributed by atoms with E-state index in [4.69, 9.17) is 16.7 Å². The molecule has 6 nitrogen and oxygen atoms in total. The van der Waals surface area contributed by atoms with Gasteiger partial charge >= 0.3 is 5.97 Å². The summed E-state index contributed by atoms with van der Waals surface area (Å²) in [7, 11) is 0. The van der Waals surface area contributed by atoms with Gasteiger partial charge in [0.2, 0.25) is 0 Å². The molecule has 0 aliphatic rings. The second kappa shape index (κ2) is 8.71. The Morgan fingerprint density at radius 2 is 1.83 bits per heavy atom. The predicted octanol–water partition coefficient (Wildman–Crippen LogP) is 4.70. The number of rotatable bonds is 6. The molecule has 156 valence electrons. The van der Waals surface area contributed by atoms with Crippen molar-refractivity contribution < 1.29 is 14.7 Å². The number of benzene rings is 2. The van der Waals surface area contributed by atoms with Gasteiger partial charge in [0.15, 0.2) is 0 Å². The third kappa shape index (κ3) is 4.71. The summed E-state index contributed by atoms with van der Waals surface area (Å²) in [5, 5.41) is 16.9. The summed E-state index contributed by atoms with van der Waals surface area (Å²) >= 11 is 6.46. The van der Waals surface area contributed by atoms with Crippen LogP contribution in [0, 0.1) is 27.7 Å². The molecule has 0 saturated carbocycles. The van der Waals surface area contributed by atoms with Gasteiger partial charge in [0.05, 0.1) is 18.7 Å². The highest BCUT2D eigenvalue weighted by atomic mass is 35.5. The normalized spacial score (nSPS) is 10.8. The van der Waals surface area contributed by atoms with Crippen LogP contribution in [-0.2, 0) is 17.8 Å². The van der Waals surface area contributed by atoms with E-state index in [2.05, 4.69) is 10.4 Å². The minimum Gasteiger partial charge on any atom is -0.481 e. The largest absolute Gasteiger partial charge is 0.481 e. The average Bonchev–Trinajstić information content (AvgIpc) is 2.91. The number of carboxylic acid groups (broad SMARTS) is 1. The summed E-state index contributed by atoms with van der Waals surface area (Å²) in [6.45, 7) is 7.96. The van der Waals surface area contributed by atoms with Gasteiger partial charge in [-0.3, -0.25) is 14.3 Å². The highest BCUT2D eigenvalue weighted by molar-refractivity contribution is 6.31. The van der Waals surface area contributed by atoms with Gasteiger partial charge in [-0.2, -0.15) is 5.10 Å². The van der Waals surface area contributed by atoms with Crippen LogP contribution in [-0.4, -0.2) is 26.8 Å². The molecule has 0 unspecified atom stereocenters. The van der Waals surface area contributed by atoms with E-state index in [0.29, 0.717) is 28.5 Å². The summed E-state index contributed by atoms with van der Waals surface area (Å²) in [5.74, 6) is -1.07. The Labute approximate surface area is 180 Å². The van der Waals surface area contributed by atoms with Gasteiger partial charge < -0.3 is 10.4 Å². The topological polar surface area (TPSA) is 84.2 Å². The molecular formula is C23H24ClN3O3. The lowest BCUT2D eigenvalue weighted by Gasteiger charge is -2.11. The van der Waals surface area contributed by atoms with E-state index in [0.717, 1.165) is 27.9 Å². The average molecular weight is 426 g/mol. The maximum Gasteiger partial charge on any atom is 0.307 e. The predicted molar refractivity (Wildman–Crippen MR) is 117 cm³/mol. The maximum absolute atomic E-state index is 12.6. The zero-order valence-electron chi connectivity index (χ0n) is 17.4. The van der Waals surface area contributed by atoms with Crippen molar-refractivity contribution in [3.63, 3.8) is 0 Å². The van der Waals surface area contributed by atoms with E-state index in [1.807, 2.05) is 45.0 Å². The van der Waals surface area contributed by atoms with Gasteiger partial charge in [0.1, 0.15) is 0 Å². The van der Waals surface area contributed by atoms with E-state index in [-0.39, 0.29) is 12.3 Å². The van der Waals surface area contributed by atoms with Crippen molar-refractivity contribution in [2.24, 2.45) is 0 Å². The first-order valence-electron chi connectivity index (χ1n) is 9.57. The zero-order chi connectivity index (χ0) is 22.0. The minimum absolute atomic E-state index is 0.0607. The van der Waals surface area contributed by atoms with E-state index in [1.165, 1.54) is 0 Å². The molecule has 30 heavy (non-hydrogen) atoms. The zero-order valence-corrected chi connectivity index (χ0v) is 18.2. The SMILES string of the molecule is Cc1ccc(C(=O)Nc2ccc(Cn3nc(C)c(CC(=O)O)c3C)c(Cl)c2)c(C)c1. The number of nitrogens with zero attached hydrogens (tertiary/aromatic N) is 2. The molecule has 3 aromatic rings. The molecule has 0 aliphatic carbocycles. The number of amides is 1. The lowest BCUT2D eigenvalue weighted by molar-refractivity contribution is -0.136. The molecule has 3 rings (SSSR count). The lowest BCUT2D eigenvalue weighted by Crippen LogP contribution is -2.13. The highest BCUT2D eigenvalue weighted by Gasteiger charge is 2.16. The van der Waals surface area contributed by atoms with Gasteiger partial charge in [0, 0.05) is 27.5 Å². The van der Waals surface area contributed by atoms with Gasteiger partial charge in [-0.25, -0.2) is 0 Å². The molecule has 0 atom stereocenters. The van der Waals surface area contributed by atoms with Crippen molar-refractivity contribution in [2.45, 2.75) is 40.7 Å². The number of aryl methyl sites for hydroxylation is 3. The lowest BCUT2D eigenvalue weighted by atomic mass is 10.1. The molecule has 7 heteroatoms. The number of carbonyl (C=O) groups is 2. The molecule has 2 N–H and O–H groups in total. The van der Waals surface area contributed by atoms with Crippen LogP contribution in [0.5, 0.6) is 0 Å². The number of hydrogen-bond acceptors (Lipinski definition) is 3. The maximum atomic E-state index is 12.6. The number of aromatic nitrogens is 2. The molecule has 0 bridgehead atoms. The molecular weight excluding hydrogens is 402 g/mol. The Hall–Kier alpha value is -3.12. The first kappa shape index (κ1) is 21.6. The van der Waals surface area contributed by atoms with Crippen LogP contribution >= 0.6 is 11.6 Å². The van der Waals surface area contributed by atoms with Crippen molar-refractivity contribution in [3.8, 4) is 0 Å². The number of carbonyl (C=O) groups excluding carboxylic acids is 1. The number of hydrogen-bond donors (Lipinski definition) is 2. The Balaban J connectivity index is 1.77. The van der Waals surface area contributed by atoms with Gasteiger partial charge in [-0.1, -0.05) is 35.4 Å². The van der Waals surface area contributed by atoms with Crippen LogP contribution < -0.4 is 5.32 Å². The minimum atomic E-state index is -0.886. The third-order valence-corrected chi connectivity index (χ3v) is 5.47. The van der Waals surface area contributed by atoms with Crippen LogP contribution in [0.25, 0.3) is 0 Å². The van der Waals surface area contributed by atoms with Crippen molar-refractivity contribution in [1.29, 1.82) is 0 Å². The fraction of sp³-hybridized carbons (Fsp3) is 0.261. The standard InChI is InChI=1S/C23H24ClN3O3/c1-13-5-8-19(14(2)9-13)23(30)25-18-7-6-17(21(24)10-18)12-27-16(4)20(11-22(28)29)15(3)26-27/h5-10H,11-12H2,1-4H3,(H,25,30)(H,28,29). The quantitative estimate of drug-likeness (QED) is 0.599. The second-order valence-electron chi connectivity index (χ2n) is 7.46. The van der Waals surface area contributed by atoms with Gasteiger partial charge in [-0.15, -0.1) is 0 Å². The monoisotopic (exact) mass is 425 g/mol. The van der Waals surface area contributed by atoms with Gasteiger partial charge in [-0.05, 0) is 57.0 Å². The highest BCUT2D eigenvalue weighted by Crippen LogP contribution is 2.24. The van der Waals surface area contributed by atoms with Crippen LogP contribution in [0.4, 0.5) is 5.69 Å².